The summed E-state index contributed by atoms with van der Waals surface area (Å²) in [7, 11) is 0. The predicted octanol–water partition coefficient (Wildman–Crippen LogP) is 4.41. The molecule has 0 aliphatic heterocycles. The Morgan fingerprint density at radius 2 is 1.59 bits per heavy atom. The number of anilines is 1. The lowest BCUT2D eigenvalue weighted by atomic mass is 10.1. The first-order valence-electron chi connectivity index (χ1n) is 5.79. The number of aryl methyl sites for hydroxylation is 1. The van der Waals surface area contributed by atoms with Gasteiger partial charge in [-0.1, -0.05) is 45.8 Å². The molecule has 0 amide bonds. The summed E-state index contributed by atoms with van der Waals surface area (Å²) in [5.41, 5.74) is 3.84. The van der Waals surface area contributed by atoms with Crippen molar-refractivity contribution in [3.05, 3.63) is 64.1 Å². The molecular weight excluding hydrogens is 274 g/mol. The van der Waals surface area contributed by atoms with Crippen LogP contribution in [-0.2, 0) is 6.42 Å². The van der Waals surface area contributed by atoms with E-state index < -0.39 is 0 Å². The highest BCUT2D eigenvalue weighted by molar-refractivity contribution is 9.10. The Morgan fingerprint density at radius 1 is 0.941 bits per heavy atom. The number of hydrogen-bond acceptors (Lipinski definition) is 1. The molecule has 0 unspecified atom stereocenters. The van der Waals surface area contributed by atoms with Crippen molar-refractivity contribution in [3.8, 4) is 0 Å². The topological polar surface area (TPSA) is 12.0 Å². The fourth-order valence-electron chi connectivity index (χ4n) is 1.67. The summed E-state index contributed by atoms with van der Waals surface area (Å²) in [6.45, 7) is 3.07. The van der Waals surface area contributed by atoms with Gasteiger partial charge in [0.2, 0.25) is 0 Å². The Labute approximate surface area is 111 Å². The summed E-state index contributed by atoms with van der Waals surface area (Å²) in [6.07, 6.45) is 1.04. The first-order chi connectivity index (χ1) is 8.24. The van der Waals surface area contributed by atoms with Crippen LogP contribution in [-0.4, -0.2) is 6.54 Å². The van der Waals surface area contributed by atoms with Gasteiger partial charge >= 0.3 is 0 Å². The average Bonchev–Trinajstić information content (AvgIpc) is 2.34. The van der Waals surface area contributed by atoms with Gasteiger partial charge in [0.25, 0.3) is 0 Å². The smallest absolute Gasteiger partial charge is 0.0340 e. The van der Waals surface area contributed by atoms with Crippen molar-refractivity contribution in [2.75, 3.05) is 11.9 Å². The van der Waals surface area contributed by atoms with Crippen LogP contribution in [0, 0.1) is 6.92 Å². The zero-order valence-corrected chi connectivity index (χ0v) is 11.5. The van der Waals surface area contributed by atoms with Gasteiger partial charge in [0.15, 0.2) is 0 Å². The predicted molar refractivity (Wildman–Crippen MR) is 77.5 cm³/mol. The third kappa shape index (κ3) is 3.90. The Hall–Kier alpha value is -1.28. The number of halogens is 1. The highest BCUT2D eigenvalue weighted by atomic mass is 79.9. The Kier molecular flexibility index (Phi) is 4.21. The first kappa shape index (κ1) is 12.2. The average molecular weight is 290 g/mol. The summed E-state index contributed by atoms with van der Waals surface area (Å²) in [4.78, 5) is 0. The maximum absolute atomic E-state index is 3.44. The highest BCUT2D eigenvalue weighted by Crippen LogP contribution is 2.12. The lowest BCUT2D eigenvalue weighted by Crippen LogP contribution is -2.04. The van der Waals surface area contributed by atoms with Gasteiger partial charge in [0, 0.05) is 16.7 Å². The minimum absolute atomic E-state index is 0.963. The van der Waals surface area contributed by atoms with E-state index in [-0.39, 0.29) is 0 Å². The molecular formula is C15H16BrN. The molecule has 0 atom stereocenters. The second-order valence-corrected chi connectivity index (χ2v) is 5.08. The van der Waals surface area contributed by atoms with E-state index >= 15 is 0 Å². The van der Waals surface area contributed by atoms with Crippen LogP contribution in [0.3, 0.4) is 0 Å². The van der Waals surface area contributed by atoms with Crippen molar-refractivity contribution in [1.82, 2.24) is 0 Å². The molecule has 0 radical (unpaired) electrons. The van der Waals surface area contributed by atoms with E-state index in [1.54, 1.807) is 0 Å². The zero-order chi connectivity index (χ0) is 12.1. The summed E-state index contributed by atoms with van der Waals surface area (Å²) < 4.78 is 1.13. The van der Waals surface area contributed by atoms with E-state index in [4.69, 9.17) is 0 Å². The van der Waals surface area contributed by atoms with Crippen molar-refractivity contribution >= 4 is 21.6 Å². The van der Waals surface area contributed by atoms with Gasteiger partial charge in [-0.3, -0.25) is 0 Å². The maximum Gasteiger partial charge on any atom is 0.0340 e. The van der Waals surface area contributed by atoms with E-state index in [9.17, 15) is 0 Å². The Bertz CT molecular complexity index is 414. The van der Waals surface area contributed by atoms with Gasteiger partial charge in [-0.15, -0.1) is 0 Å². The van der Waals surface area contributed by atoms with E-state index in [1.165, 1.54) is 16.8 Å². The molecule has 0 saturated carbocycles. The number of hydrogen-bond donors (Lipinski definition) is 1. The van der Waals surface area contributed by atoms with Crippen LogP contribution in [0.2, 0.25) is 0 Å². The van der Waals surface area contributed by atoms with Crippen LogP contribution in [0.5, 0.6) is 0 Å². The van der Waals surface area contributed by atoms with Crippen LogP contribution < -0.4 is 5.32 Å². The first-order valence-corrected chi connectivity index (χ1v) is 6.58. The molecule has 88 valence electrons. The van der Waals surface area contributed by atoms with Gasteiger partial charge in [-0.25, -0.2) is 0 Å². The second-order valence-electron chi connectivity index (χ2n) is 4.17. The molecule has 0 aliphatic carbocycles. The summed E-state index contributed by atoms with van der Waals surface area (Å²) in [5.74, 6) is 0. The second kappa shape index (κ2) is 5.87. The molecule has 2 rings (SSSR count). The van der Waals surface area contributed by atoms with Crippen molar-refractivity contribution in [2.45, 2.75) is 13.3 Å². The van der Waals surface area contributed by atoms with Gasteiger partial charge < -0.3 is 5.32 Å². The van der Waals surface area contributed by atoms with Gasteiger partial charge in [0.05, 0.1) is 0 Å². The maximum atomic E-state index is 3.44. The third-order valence-electron chi connectivity index (χ3n) is 2.71. The van der Waals surface area contributed by atoms with Crippen molar-refractivity contribution in [2.24, 2.45) is 0 Å². The van der Waals surface area contributed by atoms with Gasteiger partial charge in [-0.05, 0) is 43.2 Å². The summed E-state index contributed by atoms with van der Waals surface area (Å²) >= 11 is 3.44. The Balaban J connectivity index is 1.83. The van der Waals surface area contributed by atoms with Crippen molar-refractivity contribution < 1.29 is 0 Å². The molecule has 1 N–H and O–H groups in total. The molecule has 0 spiro atoms. The molecule has 1 nitrogen and oxygen atoms in total. The molecule has 0 fully saturated rings. The molecule has 0 aliphatic rings. The van der Waals surface area contributed by atoms with Crippen LogP contribution >= 0.6 is 15.9 Å². The monoisotopic (exact) mass is 289 g/mol. The summed E-state index contributed by atoms with van der Waals surface area (Å²) in [5, 5.41) is 3.42. The van der Waals surface area contributed by atoms with Gasteiger partial charge in [-0.2, -0.15) is 0 Å². The van der Waals surface area contributed by atoms with Crippen LogP contribution in [0.4, 0.5) is 5.69 Å². The quantitative estimate of drug-likeness (QED) is 0.879. The standard InChI is InChI=1S/C15H16BrN/c1-12-2-8-15(9-3-12)17-11-10-13-4-6-14(16)7-5-13/h2-9,17H,10-11H2,1H3. The molecule has 0 saturated heterocycles. The fourth-order valence-corrected chi connectivity index (χ4v) is 1.94. The SMILES string of the molecule is Cc1ccc(NCCc2ccc(Br)cc2)cc1. The van der Waals surface area contributed by atoms with E-state index in [2.05, 4.69) is 76.7 Å². The lowest BCUT2D eigenvalue weighted by molar-refractivity contribution is 1.02. The van der Waals surface area contributed by atoms with Crippen LogP contribution in [0.15, 0.2) is 53.0 Å². The summed E-state index contributed by atoms with van der Waals surface area (Å²) in [6, 6.07) is 17.0. The molecule has 2 heteroatoms. The van der Waals surface area contributed by atoms with E-state index in [0.717, 1.165) is 17.4 Å². The Morgan fingerprint density at radius 3 is 2.24 bits per heavy atom. The molecule has 0 bridgehead atoms. The minimum atomic E-state index is 0.963. The molecule has 17 heavy (non-hydrogen) atoms. The van der Waals surface area contributed by atoms with Crippen LogP contribution in [0.25, 0.3) is 0 Å². The largest absolute Gasteiger partial charge is 0.385 e. The molecule has 2 aromatic carbocycles. The number of rotatable bonds is 4. The van der Waals surface area contributed by atoms with Crippen molar-refractivity contribution in [1.29, 1.82) is 0 Å². The zero-order valence-electron chi connectivity index (χ0n) is 9.91. The normalized spacial score (nSPS) is 10.2. The van der Waals surface area contributed by atoms with E-state index in [0.29, 0.717) is 0 Å². The number of nitrogens with one attached hydrogen (secondary N) is 1. The molecule has 2 aromatic rings. The molecule has 0 aromatic heterocycles. The number of benzene rings is 2. The van der Waals surface area contributed by atoms with Crippen LogP contribution in [0.1, 0.15) is 11.1 Å². The van der Waals surface area contributed by atoms with Gasteiger partial charge in [0.1, 0.15) is 0 Å². The van der Waals surface area contributed by atoms with Crippen molar-refractivity contribution in [3.63, 3.8) is 0 Å². The lowest BCUT2D eigenvalue weighted by Gasteiger charge is -2.06. The minimum Gasteiger partial charge on any atom is -0.385 e. The molecule has 0 heterocycles. The highest BCUT2D eigenvalue weighted by Gasteiger charge is 1.94. The van der Waals surface area contributed by atoms with E-state index in [1.807, 2.05) is 0 Å². The fraction of sp³-hybridized carbons (Fsp3) is 0.200. The third-order valence-corrected chi connectivity index (χ3v) is 3.24.